The number of aromatic nitrogens is 1. The van der Waals surface area contributed by atoms with E-state index in [0.29, 0.717) is 17.5 Å². The summed E-state index contributed by atoms with van der Waals surface area (Å²) in [6.45, 7) is 0. The maximum atomic E-state index is 12.5. The number of hydrogen-bond acceptors (Lipinski definition) is 2. The highest BCUT2D eigenvalue weighted by Gasteiger charge is 2.31. The molecule has 0 saturated heterocycles. The predicted molar refractivity (Wildman–Crippen MR) is 72.5 cm³/mol. The van der Waals surface area contributed by atoms with Crippen molar-refractivity contribution in [2.75, 3.05) is 0 Å². The summed E-state index contributed by atoms with van der Waals surface area (Å²) in [5.74, 6) is -0.367. The summed E-state index contributed by atoms with van der Waals surface area (Å²) in [4.78, 5) is 15.7. The van der Waals surface area contributed by atoms with Crippen molar-refractivity contribution in [1.29, 1.82) is 0 Å². The normalized spacial score (nSPS) is 15.6. The average Bonchev–Trinajstić information content (AvgIpc) is 2.63. The van der Waals surface area contributed by atoms with Gasteiger partial charge in [-0.2, -0.15) is 0 Å². The van der Waals surface area contributed by atoms with Crippen LogP contribution in [0.25, 0.3) is 10.9 Å². The minimum atomic E-state index is -4.76. The van der Waals surface area contributed by atoms with Gasteiger partial charge in [0, 0.05) is 22.2 Å². The fraction of sp³-hybridized carbons (Fsp3) is 0.400. The standard InChI is InChI=1S/C15H14F3NO2/c16-15(17,18)21-9-6-7-13-11(8-9)14(20)10-4-2-1-3-5-12(10)19-13/h6-8H,1-5H2,(H,19,20). The fourth-order valence-corrected chi connectivity index (χ4v) is 2.81. The van der Waals surface area contributed by atoms with Crippen molar-refractivity contribution in [3.05, 3.63) is 39.7 Å². The Hall–Kier alpha value is -1.98. The van der Waals surface area contributed by atoms with E-state index >= 15 is 0 Å². The molecule has 0 fully saturated rings. The molecular formula is C15H14F3NO2. The van der Waals surface area contributed by atoms with E-state index in [1.807, 2.05) is 0 Å². The first-order chi connectivity index (χ1) is 9.94. The average molecular weight is 297 g/mol. The third-order valence-electron chi connectivity index (χ3n) is 3.75. The van der Waals surface area contributed by atoms with Crippen LogP contribution in [0, 0.1) is 0 Å². The van der Waals surface area contributed by atoms with Gasteiger partial charge in [0.2, 0.25) is 0 Å². The van der Waals surface area contributed by atoms with Gasteiger partial charge in [0.1, 0.15) is 5.75 Å². The van der Waals surface area contributed by atoms with E-state index < -0.39 is 6.36 Å². The first-order valence-electron chi connectivity index (χ1n) is 6.87. The molecule has 0 bridgehead atoms. The van der Waals surface area contributed by atoms with Crippen LogP contribution < -0.4 is 10.2 Å². The number of aryl methyl sites for hydroxylation is 1. The minimum Gasteiger partial charge on any atom is -0.406 e. The van der Waals surface area contributed by atoms with E-state index in [1.54, 1.807) is 0 Å². The third kappa shape index (κ3) is 2.89. The first-order valence-corrected chi connectivity index (χ1v) is 6.87. The Morgan fingerprint density at radius 3 is 2.62 bits per heavy atom. The van der Waals surface area contributed by atoms with Crippen LogP contribution in [0.2, 0.25) is 0 Å². The van der Waals surface area contributed by atoms with Crippen LogP contribution in [0.3, 0.4) is 0 Å². The van der Waals surface area contributed by atoms with Gasteiger partial charge in [-0.1, -0.05) is 6.42 Å². The Morgan fingerprint density at radius 1 is 1.10 bits per heavy atom. The lowest BCUT2D eigenvalue weighted by molar-refractivity contribution is -0.274. The lowest BCUT2D eigenvalue weighted by Crippen LogP contribution is -2.18. The maximum absolute atomic E-state index is 12.5. The highest BCUT2D eigenvalue weighted by molar-refractivity contribution is 5.81. The zero-order valence-electron chi connectivity index (χ0n) is 11.2. The van der Waals surface area contributed by atoms with E-state index in [2.05, 4.69) is 9.72 Å². The number of nitrogens with one attached hydrogen (secondary N) is 1. The zero-order valence-corrected chi connectivity index (χ0v) is 11.2. The van der Waals surface area contributed by atoms with Crippen molar-refractivity contribution in [2.24, 2.45) is 0 Å². The van der Waals surface area contributed by atoms with Crippen molar-refractivity contribution in [3.63, 3.8) is 0 Å². The lowest BCUT2D eigenvalue weighted by Gasteiger charge is -2.11. The number of hydrogen-bond donors (Lipinski definition) is 1. The molecule has 112 valence electrons. The second-order valence-corrected chi connectivity index (χ2v) is 5.23. The molecular weight excluding hydrogens is 283 g/mol. The molecule has 0 atom stereocenters. The van der Waals surface area contributed by atoms with Crippen LogP contribution in [0.5, 0.6) is 5.75 Å². The molecule has 1 heterocycles. The zero-order chi connectivity index (χ0) is 15.0. The van der Waals surface area contributed by atoms with E-state index in [1.165, 1.54) is 12.1 Å². The van der Waals surface area contributed by atoms with Gasteiger partial charge >= 0.3 is 6.36 Å². The Bertz CT molecular complexity index is 734. The highest BCUT2D eigenvalue weighted by Crippen LogP contribution is 2.26. The van der Waals surface area contributed by atoms with Crippen LogP contribution in [-0.4, -0.2) is 11.3 Å². The summed E-state index contributed by atoms with van der Waals surface area (Å²) in [7, 11) is 0. The largest absolute Gasteiger partial charge is 0.573 e. The Labute approximate surface area is 118 Å². The molecule has 2 aromatic rings. The van der Waals surface area contributed by atoms with E-state index in [9.17, 15) is 18.0 Å². The molecule has 0 radical (unpaired) electrons. The number of aromatic amines is 1. The molecule has 1 aliphatic rings. The number of fused-ring (bicyclic) bond motifs is 2. The number of rotatable bonds is 1. The van der Waals surface area contributed by atoms with E-state index in [-0.39, 0.29) is 16.6 Å². The summed E-state index contributed by atoms with van der Waals surface area (Å²) in [5.41, 5.74) is 1.97. The molecule has 3 rings (SSSR count). The van der Waals surface area contributed by atoms with Gasteiger partial charge in [-0.25, -0.2) is 0 Å². The van der Waals surface area contributed by atoms with Crippen molar-refractivity contribution < 1.29 is 17.9 Å². The van der Waals surface area contributed by atoms with Gasteiger partial charge < -0.3 is 9.72 Å². The molecule has 0 aliphatic heterocycles. The molecule has 1 aromatic carbocycles. The van der Waals surface area contributed by atoms with Gasteiger partial charge in [-0.15, -0.1) is 13.2 Å². The van der Waals surface area contributed by atoms with Crippen LogP contribution in [0.15, 0.2) is 23.0 Å². The quantitative estimate of drug-likeness (QED) is 0.816. The van der Waals surface area contributed by atoms with Gasteiger partial charge in [0.25, 0.3) is 0 Å². The van der Waals surface area contributed by atoms with E-state index in [0.717, 1.165) is 37.4 Å². The number of alkyl halides is 3. The van der Waals surface area contributed by atoms with Crippen LogP contribution in [0.4, 0.5) is 13.2 Å². The van der Waals surface area contributed by atoms with Gasteiger partial charge in [-0.05, 0) is 43.9 Å². The Morgan fingerprint density at radius 2 is 1.86 bits per heavy atom. The second kappa shape index (κ2) is 5.09. The summed E-state index contributed by atoms with van der Waals surface area (Å²) >= 11 is 0. The molecule has 1 aliphatic carbocycles. The summed E-state index contributed by atoms with van der Waals surface area (Å²) in [5, 5.41) is 0.248. The number of halogens is 3. The highest BCUT2D eigenvalue weighted by atomic mass is 19.4. The number of benzene rings is 1. The smallest absolute Gasteiger partial charge is 0.406 e. The van der Waals surface area contributed by atoms with Crippen LogP contribution in [0.1, 0.15) is 30.5 Å². The third-order valence-corrected chi connectivity index (χ3v) is 3.75. The Balaban J connectivity index is 2.13. The SMILES string of the molecule is O=c1c2c([nH]c3ccc(OC(F)(F)F)cc13)CCCCC2. The molecule has 0 saturated carbocycles. The molecule has 6 heteroatoms. The molecule has 1 N–H and O–H groups in total. The summed E-state index contributed by atoms with van der Waals surface area (Å²) < 4.78 is 40.7. The maximum Gasteiger partial charge on any atom is 0.573 e. The van der Waals surface area contributed by atoms with Crippen LogP contribution >= 0.6 is 0 Å². The molecule has 21 heavy (non-hydrogen) atoms. The summed E-state index contributed by atoms with van der Waals surface area (Å²) in [6.07, 6.45) is -0.275. The fourth-order valence-electron chi connectivity index (χ4n) is 2.81. The number of H-pyrrole nitrogens is 1. The van der Waals surface area contributed by atoms with Gasteiger partial charge in [0.15, 0.2) is 5.43 Å². The van der Waals surface area contributed by atoms with Crippen molar-refractivity contribution in [2.45, 2.75) is 38.5 Å². The minimum absolute atomic E-state index is 0.187. The molecule has 0 spiro atoms. The second-order valence-electron chi connectivity index (χ2n) is 5.23. The van der Waals surface area contributed by atoms with Crippen LogP contribution in [-0.2, 0) is 12.8 Å². The van der Waals surface area contributed by atoms with Crippen molar-refractivity contribution in [3.8, 4) is 5.75 Å². The number of ether oxygens (including phenoxy) is 1. The van der Waals surface area contributed by atoms with Crippen molar-refractivity contribution >= 4 is 10.9 Å². The molecule has 0 amide bonds. The monoisotopic (exact) mass is 297 g/mol. The number of pyridine rings is 1. The van der Waals surface area contributed by atoms with Gasteiger partial charge in [0.05, 0.1) is 0 Å². The van der Waals surface area contributed by atoms with Crippen molar-refractivity contribution in [1.82, 2.24) is 4.98 Å². The Kier molecular flexibility index (Phi) is 3.39. The van der Waals surface area contributed by atoms with E-state index in [4.69, 9.17) is 0 Å². The predicted octanol–water partition coefficient (Wildman–Crippen LogP) is 3.70. The summed E-state index contributed by atoms with van der Waals surface area (Å²) in [6, 6.07) is 3.84. The lowest BCUT2D eigenvalue weighted by atomic mass is 10.0. The first kappa shape index (κ1) is 14.0. The topological polar surface area (TPSA) is 42.1 Å². The van der Waals surface area contributed by atoms with Gasteiger partial charge in [-0.3, -0.25) is 4.79 Å². The molecule has 0 unspecified atom stereocenters. The molecule has 1 aromatic heterocycles. The molecule has 3 nitrogen and oxygen atoms in total.